The minimum absolute atomic E-state index is 0.215. The van der Waals surface area contributed by atoms with Crippen molar-refractivity contribution in [2.24, 2.45) is 0 Å². The maximum atomic E-state index is 12.8. The zero-order valence-corrected chi connectivity index (χ0v) is 15.9. The molecule has 0 fully saturated rings. The Hall–Kier alpha value is -2.06. The highest BCUT2D eigenvalue weighted by molar-refractivity contribution is 5.98. The summed E-state index contributed by atoms with van der Waals surface area (Å²) in [4.78, 5) is 12.8. The van der Waals surface area contributed by atoms with Crippen molar-refractivity contribution in [2.75, 3.05) is 18.5 Å². The Morgan fingerprint density at radius 1 is 1.20 bits per heavy atom. The van der Waals surface area contributed by atoms with Gasteiger partial charge in [-0.1, -0.05) is 33.6 Å². The lowest BCUT2D eigenvalue weighted by molar-refractivity contribution is -0.140. The molecule has 0 aliphatic heterocycles. The highest BCUT2D eigenvalue weighted by Gasteiger charge is 2.33. The quantitative estimate of drug-likeness (QED) is 0.632. The largest absolute Gasteiger partial charge is 0.494 e. The van der Waals surface area contributed by atoms with Crippen molar-refractivity contribution in [3.05, 3.63) is 23.8 Å². The third-order valence-corrected chi connectivity index (χ3v) is 3.95. The molecule has 0 radical (unpaired) electrons. The first kappa shape index (κ1) is 21.0. The van der Waals surface area contributed by atoms with E-state index in [0.717, 1.165) is 25.7 Å². The molecule has 0 aromatic heterocycles. The molecule has 0 unspecified atom stereocenters. The van der Waals surface area contributed by atoms with Crippen LogP contribution in [0.3, 0.4) is 0 Å². The summed E-state index contributed by atoms with van der Waals surface area (Å²) in [6, 6.07) is 7.25. The number of rotatable bonds is 11. The molecule has 0 aliphatic carbocycles. The van der Waals surface area contributed by atoms with Crippen molar-refractivity contribution in [3.8, 4) is 11.8 Å². The molecule has 1 atom stereocenters. The van der Waals surface area contributed by atoms with Gasteiger partial charge in [0.05, 0.1) is 17.9 Å². The molecule has 0 heterocycles. The molecular weight excluding hydrogens is 316 g/mol. The molecule has 1 N–H and O–H groups in total. The molecular formula is C20H30N2O3. The zero-order chi connectivity index (χ0) is 18.7. The second kappa shape index (κ2) is 10.7. The van der Waals surface area contributed by atoms with Crippen LogP contribution in [-0.4, -0.2) is 24.7 Å². The lowest BCUT2D eigenvalue weighted by atomic mass is 9.97. The van der Waals surface area contributed by atoms with Crippen molar-refractivity contribution < 1.29 is 14.3 Å². The molecule has 5 nitrogen and oxygen atoms in total. The van der Waals surface area contributed by atoms with E-state index in [0.29, 0.717) is 36.6 Å². The van der Waals surface area contributed by atoms with E-state index in [4.69, 9.17) is 9.47 Å². The number of nitrogens with one attached hydrogen (secondary N) is 1. The van der Waals surface area contributed by atoms with Crippen LogP contribution in [0.4, 0.5) is 5.69 Å². The van der Waals surface area contributed by atoms with Crippen molar-refractivity contribution in [2.45, 2.75) is 65.4 Å². The third-order valence-electron chi connectivity index (χ3n) is 3.95. The van der Waals surface area contributed by atoms with E-state index >= 15 is 0 Å². The highest BCUT2D eigenvalue weighted by atomic mass is 16.5. The number of nitrogens with zero attached hydrogens (tertiary/aromatic N) is 1. The Kier molecular flexibility index (Phi) is 9.01. The number of anilines is 1. The van der Waals surface area contributed by atoms with Crippen LogP contribution in [0.1, 0.15) is 65.4 Å². The van der Waals surface area contributed by atoms with Crippen molar-refractivity contribution in [1.29, 1.82) is 5.26 Å². The highest BCUT2D eigenvalue weighted by Crippen LogP contribution is 2.26. The predicted molar refractivity (Wildman–Crippen MR) is 99.7 cm³/mol. The van der Waals surface area contributed by atoms with Crippen LogP contribution < -0.4 is 10.1 Å². The second-order valence-electron chi connectivity index (χ2n) is 6.30. The van der Waals surface area contributed by atoms with Crippen LogP contribution in [0.15, 0.2) is 18.2 Å². The van der Waals surface area contributed by atoms with Gasteiger partial charge in [-0.25, -0.2) is 0 Å². The fraction of sp³-hybridized carbons (Fsp3) is 0.600. The number of amides is 1. The van der Waals surface area contributed by atoms with Crippen molar-refractivity contribution in [3.63, 3.8) is 0 Å². The summed E-state index contributed by atoms with van der Waals surface area (Å²) in [7, 11) is 0. The van der Waals surface area contributed by atoms with Gasteiger partial charge in [-0.3, -0.25) is 4.79 Å². The maximum absolute atomic E-state index is 12.8. The van der Waals surface area contributed by atoms with Crippen molar-refractivity contribution >= 4 is 11.6 Å². The van der Waals surface area contributed by atoms with E-state index in [1.54, 1.807) is 18.2 Å². The molecule has 5 heteroatoms. The van der Waals surface area contributed by atoms with Crippen LogP contribution >= 0.6 is 0 Å². The molecule has 138 valence electrons. The zero-order valence-electron chi connectivity index (χ0n) is 15.9. The number of carbonyl (C=O) groups excluding carboxylic acids is 1. The summed E-state index contributed by atoms with van der Waals surface area (Å²) in [6.45, 7) is 9.06. The van der Waals surface area contributed by atoms with Gasteiger partial charge < -0.3 is 14.8 Å². The van der Waals surface area contributed by atoms with Gasteiger partial charge in [0, 0.05) is 6.61 Å². The Bertz CT molecular complexity index is 585. The van der Waals surface area contributed by atoms with Crippen LogP contribution in [0.2, 0.25) is 0 Å². The second-order valence-corrected chi connectivity index (χ2v) is 6.30. The molecule has 1 rings (SSSR count). The average molecular weight is 346 g/mol. The monoisotopic (exact) mass is 346 g/mol. The summed E-state index contributed by atoms with van der Waals surface area (Å²) in [5, 5.41) is 12.2. The Labute approximate surface area is 151 Å². The minimum atomic E-state index is -0.893. The van der Waals surface area contributed by atoms with Crippen LogP contribution in [0.5, 0.6) is 5.75 Å². The van der Waals surface area contributed by atoms with Gasteiger partial charge in [0.25, 0.3) is 5.91 Å². The van der Waals surface area contributed by atoms with Gasteiger partial charge in [-0.05, 0) is 44.4 Å². The summed E-state index contributed by atoms with van der Waals surface area (Å²) >= 11 is 0. The number of hydrogen-bond donors (Lipinski definition) is 1. The predicted octanol–water partition coefficient (Wildman–Crippen LogP) is 4.66. The van der Waals surface area contributed by atoms with Gasteiger partial charge in [-0.15, -0.1) is 0 Å². The molecule has 0 saturated carbocycles. The lowest BCUT2D eigenvalue weighted by Gasteiger charge is -2.29. The van der Waals surface area contributed by atoms with E-state index in [2.05, 4.69) is 18.3 Å². The topological polar surface area (TPSA) is 71.3 Å². The van der Waals surface area contributed by atoms with Gasteiger partial charge in [0.2, 0.25) is 0 Å². The summed E-state index contributed by atoms with van der Waals surface area (Å²) in [5.41, 5.74) is -0.0229. The van der Waals surface area contributed by atoms with Crippen molar-refractivity contribution in [1.82, 2.24) is 0 Å². The van der Waals surface area contributed by atoms with E-state index in [1.165, 1.54) is 0 Å². The molecule has 0 spiro atoms. The van der Waals surface area contributed by atoms with Crippen LogP contribution in [-0.2, 0) is 9.53 Å². The summed E-state index contributed by atoms with van der Waals surface area (Å²) in [6.07, 6.45) is 4.29. The Morgan fingerprint density at radius 2 is 1.92 bits per heavy atom. The molecule has 0 saturated heterocycles. The van der Waals surface area contributed by atoms with Crippen LogP contribution in [0, 0.1) is 11.3 Å². The first-order valence-electron chi connectivity index (χ1n) is 9.13. The fourth-order valence-corrected chi connectivity index (χ4v) is 2.38. The van der Waals surface area contributed by atoms with E-state index in [-0.39, 0.29) is 5.91 Å². The Morgan fingerprint density at radius 3 is 2.52 bits per heavy atom. The standard InChI is InChI=1S/C20H30N2O3/c1-5-8-11-20(4,25-13-7-3)19(23)22-18-10-9-17(24-12-6-2)14-16(18)15-21/h9-10,14H,5-8,11-13H2,1-4H3,(H,22,23)/t20-/m0/s1. The Balaban J connectivity index is 2.93. The molecule has 1 amide bonds. The van der Waals surface area contributed by atoms with Gasteiger partial charge in [0.1, 0.15) is 17.4 Å². The summed E-state index contributed by atoms with van der Waals surface area (Å²) in [5.74, 6) is 0.417. The fourth-order valence-electron chi connectivity index (χ4n) is 2.38. The number of ether oxygens (including phenoxy) is 2. The smallest absolute Gasteiger partial charge is 0.256 e. The molecule has 1 aromatic rings. The number of hydrogen-bond acceptors (Lipinski definition) is 4. The SMILES string of the molecule is CCCC[C@](C)(OCCC)C(=O)Nc1ccc(OCCC)cc1C#N. The van der Waals surface area contributed by atoms with Gasteiger partial charge in [-0.2, -0.15) is 5.26 Å². The molecule has 1 aromatic carbocycles. The van der Waals surface area contributed by atoms with Gasteiger partial charge >= 0.3 is 0 Å². The average Bonchev–Trinajstić information content (AvgIpc) is 2.63. The van der Waals surface area contributed by atoms with Gasteiger partial charge in [0.15, 0.2) is 0 Å². The minimum Gasteiger partial charge on any atom is -0.494 e. The lowest BCUT2D eigenvalue weighted by Crippen LogP contribution is -2.43. The number of benzene rings is 1. The number of carbonyl (C=O) groups is 1. The first-order chi connectivity index (χ1) is 12.0. The maximum Gasteiger partial charge on any atom is 0.256 e. The summed E-state index contributed by atoms with van der Waals surface area (Å²) < 4.78 is 11.4. The number of unbranched alkanes of at least 4 members (excludes halogenated alkanes) is 1. The third kappa shape index (κ3) is 6.39. The molecule has 25 heavy (non-hydrogen) atoms. The first-order valence-corrected chi connectivity index (χ1v) is 9.13. The molecule has 0 aliphatic rings. The van der Waals surface area contributed by atoms with E-state index < -0.39 is 5.60 Å². The molecule has 0 bridgehead atoms. The van der Waals surface area contributed by atoms with Crippen LogP contribution in [0.25, 0.3) is 0 Å². The number of nitriles is 1. The normalized spacial score (nSPS) is 12.9. The van der Waals surface area contributed by atoms with E-state index in [9.17, 15) is 10.1 Å². The van der Waals surface area contributed by atoms with E-state index in [1.807, 2.05) is 20.8 Å².